The number of nitro groups is 1. The fourth-order valence-corrected chi connectivity index (χ4v) is 3.12. The minimum absolute atomic E-state index is 0.0582. The van der Waals surface area contributed by atoms with Crippen LogP contribution >= 0.6 is 0 Å². The van der Waals surface area contributed by atoms with Crippen molar-refractivity contribution in [1.29, 1.82) is 0 Å². The van der Waals surface area contributed by atoms with Gasteiger partial charge in [0.25, 0.3) is 5.69 Å². The van der Waals surface area contributed by atoms with Gasteiger partial charge in [0.1, 0.15) is 0 Å². The summed E-state index contributed by atoms with van der Waals surface area (Å²) in [7, 11) is 0. The Balaban J connectivity index is 1.88. The molecule has 1 aromatic heterocycles. The highest BCUT2D eigenvalue weighted by atomic mass is 16.6. The third kappa shape index (κ3) is 2.88. The first-order valence-electron chi connectivity index (χ1n) is 7.78. The average Bonchev–Trinajstić information content (AvgIpc) is 2.60. The summed E-state index contributed by atoms with van der Waals surface area (Å²) in [5.74, 6) is -0.324. The summed E-state index contributed by atoms with van der Waals surface area (Å²) in [5, 5.41) is 12.5. The number of carbonyl (C=O) groups is 1. The summed E-state index contributed by atoms with van der Waals surface area (Å²) in [6, 6.07) is 4.83. The molecule has 1 saturated heterocycles. The number of piperazine rings is 1. The maximum atomic E-state index is 11.3. The number of anilines is 1. The smallest absolute Gasteiger partial charge is 0.278 e. The molecule has 8 heteroatoms. The zero-order valence-electron chi connectivity index (χ0n) is 13.4. The van der Waals surface area contributed by atoms with Crippen molar-refractivity contribution in [3.8, 4) is 0 Å². The van der Waals surface area contributed by atoms with Crippen molar-refractivity contribution in [2.75, 3.05) is 31.1 Å². The van der Waals surface area contributed by atoms with E-state index in [4.69, 9.17) is 5.73 Å². The van der Waals surface area contributed by atoms with Gasteiger partial charge < -0.3 is 10.6 Å². The topological polar surface area (TPSA) is 106 Å². The Morgan fingerprint density at radius 3 is 2.58 bits per heavy atom. The lowest BCUT2D eigenvalue weighted by molar-refractivity contribution is -0.383. The molecule has 1 aliphatic heterocycles. The van der Waals surface area contributed by atoms with Crippen molar-refractivity contribution < 1.29 is 9.72 Å². The summed E-state index contributed by atoms with van der Waals surface area (Å²) in [6.07, 6.45) is 3.17. The molecule has 1 fully saturated rings. The summed E-state index contributed by atoms with van der Waals surface area (Å²) in [6.45, 7) is 4.70. The van der Waals surface area contributed by atoms with Crippen LogP contribution in [-0.2, 0) is 4.79 Å². The van der Waals surface area contributed by atoms with Gasteiger partial charge in [-0.05, 0) is 19.1 Å². The van der Waals surface area contributed by atoms with Crippen molar-refractivity contribution in [1.82, 2.24) is 9.88 Å². The van der Waals surface area contributed by atoms with Crippen LogP contribution in [0.25, 0.3) is 10.8 Å². The molecule has 24 heavy (non-hydrogen) atoms. The van der Waals surface area contributed by atoms with Gasteiger partial charge in [0.2, 0.25) is 5.91 Å². The molecule has 2 aromatic rings. The highest BCUT2D eigenvalue weighted by Gasteiger charge is 2.25. The van der Waals surface area contributed by atoms with Crippen LogP contribution in [0.2, 0.25) is 0 Å². The van der Waals surface area contributed by atoms with Crippen LogP contribution in [0, 0.1) is 10.1 Å². The lowest BCUT2D eigenvalue weighted by atomic mass is 10.1. The molecule has 0 spiro atoms. The van der Waals surface area contributed by atoms with Gasteiger partial charge in [0.15, 0.2) is 0 Å². The van der Waals surface area contributed by atoms with Gasteiger partial charge in [-0.1, -0.05) is 0 Å². The van der Waals surface area contributed by atoms with Crippen molar-refractivity contribution >= 4 is 28.1 Å². The Kier molecular flexibility index (Phi) is 4.30. The first-order chi connectivity index (χ1) is 11.5. The number of hydrogen-bond donors (Lipinski definition) is 1. The highest BCUT2D eigenvalue weighted by Crippen LogP contribution is 2.33. The Bertz CT molecular complexity index is 786. The molecule has 0 aliphatic carbocycles. The number of primary amides is 1. The predicted molar refractivity (Wildman–Crippen MR) is 90.8 cm³/mol. The standard InChI is InChI=1S/C16H19N5O3/c1-11(16(17)22)19-6-8-20(9-7-19)14-2-3-15(21(23)24)13-10-18-5-4-12(13)14/h2-5,10-11H,6-9H2,1H3,(H2,17,22). The molecule has 0 saturated carbocycles. The first kappa shape index (κ1) is 16.1. The molecule has 3 rings (SSSR count). The quantitative estimate of drug-likeness (QED) is 0.666. The largest absolute Gasteiger partial charge is 0.368 e. The van der Waals surface area contributed by atoms with E-state index in [1.54, 1.807) is 18.3 Å². The van der Waals surface area contributed by atoms with Crippen LogP contribution in [0.4, 0.5) is 11.4 Å². The molecular weight excluding hydrogens is 310 g/mol. The van der Waals surface area contributed by atoms with E-state index in [0.29, 0.717) is 18.5 Å². The van der Waals surface area contributed by atoms with Crippen LogP contribution in [0.1, 0.15) is 6.92 Å². The third-order valence-electron chi connectivity index (χ3n) is 4.58. The molecule has 126 valence electrons. The molecular formula is C16H19N5O3. The zero-order valence-corrected chi connectivity index (χ0v) is 13.4. The summed E-state index contributed by atoms with van der Waals surface area (Å²) in [5.41, 5.74) is 6.37. The van der Waals surface area contributed by atoms with E-state index in [1.165, 1.54) is 12.3 Å². The second kappa shape index (κ2) is 6.40. The normalized spacial score (nSPS) is 17.0. The van der Waals surface area contributed by atoms with E-state index in [2.05, 4.69) is 9.88 Å². The van der Waals surface area contributed by atoms with Crippen molar-refractivity contribution in [2.45, 2.75) is 13.0 Å². The fraction of sp³-hybridized carbons (Fsp3) is 0.375. The van der Waals surface area contributed by atoms with Gasteiger partial charge in [-0.25, -0.2) is 0 Å². The second-order valence-corrected chi connectivity index (χ2v) is 5.88. The maximum Gasteiger partial charge on any atom is 0.278 e. The predicted octanol–water partition coefficient (Wildman–Crippen LogP) is 1.14. The molecule has 1 aromatic carbocycles. The lowest BCUT2D eigenvalue weighted by Crippen LogP contribution is -2.53. The van der Waals surface area contributed by atoms with Crippen LogP contribution in [0.5, 0.6) is 0 Å². The number of non-ortho nitro benzene ring substituents is 1. The number of rotatable bonds is 4. The number of nitro benzene ring substituents is 1. The molecule has 1 unspecified atom stereocenters. The Labute approximate surface area is 139 Å². The van der Waals surface area contributed by atoms with Crippen molar-refractivity contribution in [3.05, 3.63) is 40.7 Å². The monoisotopic (exact) mass is 329 g/mol. The third-order valence-corrected chi connectivity index (χ3v) is 4.58. The van der Waals surface area contributed by atoms with E-state index < -0.39 is 0 Å². The molecule has 2 heterocycles. The number of nitrogens with zero attached hydrogens (tertiary/aromatic N) is 4. The van der Waals surface area contributed by atoms with Gasteiger partial charge in [0.05, 0.1) is 16.4 Å². The molecule has 0 bridgehead atoms. The molecule has 1 amide bonds. The van der Waals surface area contributed by atoms with E-state index in [0.717, 1.165) is 24.2 Å². The number of hydrogen-bond acceptors (Lipinski definition) is 6. The average molecular weight is 329 g/mol. The van der Waals surface area contributed by atoms with Gasteiger partial charge in [-0.2, -0.15) is 0 Å². The Morgan fingerprint density at radius 1 is 1.25 bits per heavy atom. The molecule has 1 aliphatic rings. The minimum atomic E-state index is -0.389. The van der Waals surface area contributed by atoms with Crippen molar-refractivity contribution in [3.63, 3.8) is 0 Å². The summed E-state index contributed by atoms with van der Waals surface area (Å²) in [4.78, 5) is 30.4. The lowest BCUT2D eigenvalue weighted by Gasteiger charge is -2.38. The number of aromatic nitrogens is 1. The minimum Gasteiger partial charge on any atom is -0.368 e. The van der Waals surface area contributed by atoms with Crippen LogP contribution in [0.3, 0.4) is 0 Å². The maximum absolute atomic E-state index is 11.3. The first-order valence-corrected chi connectivity index (χ1v) is 7.78. The van der Waals surface area contributed by atoms with Crippen LogP contribution in [0.15, 0.2) is 30.6 Å². The molecule has 8 nitrogen and oxygen atoms in total. The summed E-state index contributed by atoms with van der Waals surface area (Å²) >= 11 is 0. The van der Waals surface area contributed by atoms with E-state index in [1.807, 2.05) is 11.8 Å². The number of fused-ring (bicyclic) bond motifs is 1. The molecule has 2 N–H and O–H groups in total. The van der Waals surface area contributed by atoms with E-state index in [-0.39, 0.29) is 22.6 Å². The van der Waals surface area contributed by atoms with Gasteiger partial charge in [-0.15, -0.1) is 0 Å². The highest BCUT2D eigenvalue weighted by molar-refractivity contribution is 5.99. The van der Waals surface area contributed by atoms with E-state index in [9.17, 15) is 14.9 Å². The van der Waals surface area contributed by atoms with Crippen LogP contribution < -0.4 is 10.6 Å². The number of pyridine rings is 1. The number of benzene rings is 1. The van der Waals surface area contributed by atoms with Crippen LogP contribution in [-0.4, -0.2) is 52.9 Å². The Morgan fingerprint density at radius 2 is 1.96 bits per heavy atom. The second-order valence-electron chi connectivity index (χ2n) is 5.88. The number of amides is 1. The zero-order chi connectivity index (χ0) is 17.3. The van der Waals surface area contributed by atoms with Gasteiger partial charge in [0, 0.05) is 55.7 Å². The van der Waals surface area contributed by atoms with Gasteiger partial charge in [-0.3, -0.25) is 24.8 Å². The van der Waals surface area contributed by atoms with E-state index >= 15 is 0 Å². The summed E-state index contributed by atoms with van der Waals surface area (Å²) < 4.78 is 0. The fourth-order valence-electron chi connectivity index (χ4n) is 3.12. The number of carbonyl (C=O) groups excluding carboxylic acids is 1. The number of nitrogens with two attached hydrogens (primary N) is 1. The Hall–Kier alpha value is -2.74. The van der Waals surface area contributed by atoms with Crippen molar-refractivity contribution in [2.24, 2.45) is 5.73 Å². The molecule has 1 atom stereocenters. The van der Waals surface area contributed by atoms with Gasteiger partial charge >= 0.3 is 0 Å². The molecule has 0 radical (unpaired) electrons. The SMILES string of the molecule is CC(C(N)=O)N1CCN(c2ccc([N+](=O)[O-])c3cnccc23)CC1.